The Bertz CT molecular complexity index is 735. The zero-order valence-electron chi connectivity index (χ0n) is 14.5. The van der Waals surface area contributed by atoms with Gasteiger partial charge in [-0.25, -0.2) is 0 Å². The van der Waals surface area contributed by atoms with Crippen molar-refractivity contribution in [2.45, 2.75) is 49.3 Å². The molecule has 2 bridgehead atoms. The smallest absolute Gasteiger partial charge is 0.221 e. The highest BCUT2D eigenvalue weighted by atomic mass is 16.7. The van der Waals surface area contributed by atoms with Crippen molar-refractivity contribution >= 4 is 5.91 Å². The molecule has 2 aliphatic heterocycles. The molecule has 0 aromatic heterocycles. The molecule has 2 aliphatic carbocycles. The summed E-state index contributed by atoms with van der Waals surface area (Å²) in [6, 6.07) is 4.29. The molecule has 1 aromatic rings. The summed E-state index contributed by atoms with van der Waals surface area (Å²) in [6.07, 6.45) is 3.02. The fraction of sp³-hybridized carbons (Fsp3) is 0.632. The van der Waals surface area contributed by atoms with E-state index in [1.165, 1.54) is 11.1 Å². The summed E-state index contributed by atoms with van der Waals surface area (Å²) in [7, 11) is 3.29. The monoisotopic (exact) mass is 345 g/mol. The lowest BCUT2D eigenvalue weighted by atomic mass is 9.51. The Morgan fingerprint density at radius 2 is 2.20 bits per heavy atom. The number of hydrogen-bond acceptors (Lipinski definition) is 5. The summed E-state index contributed by atoms with van der Waals surface area (Å²) in [5.74, 6) is 2.06. The molecule has 2 fully saturated rings. The van der Waals surface area contributed by atoms with Gasteiger partial charge >= 0.3 is 0 Å². The predicted octanol–water partition coefficient (Wildman–Crippen LogP) is 1.54. The van der Waals surface area contributed by atoms with Crippen LogP contribution in [0.3, 0.4) is 0 Å². The first-order valence-corrected chi connectivity index (χ1v) is 8.96. The molecular formula is C19H23NO5. The van der Waals surface area contributed by atoms with Crippen LogP contribution < -0.4 is 14.8 Å². The van der Waals surface area contributed by atoms with Crippen molar-refractivity contribution in [2.24, 2.45) is 5.92 Å². The Kier molecular flexibility index (Phi) is 3.31. The van der Waals surface area contributed by atoms with Gasteiger partial charge in [0.1, 0.15) is 12.9 Å². The van der Waals surface area contributed by atoms with E-state index in [0.717, 1.165) is 30.8 Å². The molecule has 6 heteroatoms. The Hall–Kier alpha value is -1.79. The lowest BCUT2D eigenvalue weighted by Crippen LogP contribution is -2.67. The number of nitrogens with one attached hydrogen (secondary N) is 1. The summed E-state index contributed by atoms with van der Waals surface area (Å²) in [5, 5.41) is 3.22. The Labute approximate surface area is 146 Å². The van der Waals surface area contributed by atoms with Crippen molar-refractivity contribution in [2.75, 3.05) is 21.0 Å². The average molecular weight is 345 g/mol. The fourth-order valence-electron chi connectivity index (χ4n) is 5.75. The van der Waals surface area contributed by atoms with E-state index in [-0.39, 0.29) is 36.4 Å². The molecule has 1 N–H and O–H groups in total. The maximum absolute atomic E-state index is 12.5. The SMILES string of the molecule is COCO[C@H]1CCC2[C@@H]3Cc4ccc(OC)c5c4[C@]2(CC(=O)N3)[C@@H]1O5. The molecule has 1 saturated heterocycles. The summed E-state index contributed by atoms with van der Waals surface area (Å²) in [4.78, 5) is 12.5. The summed E-state index contributed by atoms with van der Waals surface area (Å²) in [5.41, 5.74) is 2.16. The van der Waals surface area contributed by atoms with E-state index in [1.54, 1.807) is 14.2 Å². The largest absolute Gasteiger partial charge is 0.493 e. The van der Waals surface area contributed by atoms with Gasteiger partial charge in [0.25, 0.3) is 0 Å². The molecule has 134 valence electrons. The van der Waals surface area contributed by atoms with Crippen LogP contribution in [0.25, 0.3) is 0 Å². The minimum atomic E-state index is -0.304. The molecule has 0 radical (unpaired) electrons. The van der Waals surface area contributed by atoms with Crippen LogP contribution in [0.4, 0.5) is 0 Å². The quantitative estimate of drug-likeness (QED) is 0.839. The van der Waals surface area contributed by atoms with Crippen LogP contribution >= 0.6 is 0 Å². The number of hydrogen-bond donors (Lipinski definition) is 1. The minimum Gasteiger partial charge on any atom is -0.493 e. The number of ether oxygens (including phenoxy) is 4. The molecular weight excluding hydrogens is 322 g/mol. The second kappa shape index (κ2) is 5.35. The topological polar surface area (TPSA) is 66.0 Å². The zero-order valence-corrected chi connectivity index (χ0v) is 14.5. The first kappa shape index (κ1) is 15.5. The van der Waals surface area contributed by atoms with Crippen LogP contribution in [0.2, 0.25) is 0 Å². The number of methoxy groups -OCH3 is 2. The van der Waals surface area contributed by atoms with Crippen LogP contribution in [0.1, 0.15) is 30.4 Å². The lowest BCUT2D eigenvalue weighted by Gasteiger charge is -2.55. The predicted molar refractivity (Wildman–Crippen MR) is 88.8 cm³/mol. The van der Waals surface area contributed by atoms with Crippen molar-refractivity contribution in [3.63, 3.8) is 0 Å². The van der Waals surface area contributed by atoms with E-state index >= 15 is 0 Å². The molecule has 1 unspecified atom stereocenters. The van der Waals surface area contributed by atoms with Gasteiger partial charge < -0.3 is 24.3 Å². The first-order chi connectivity index (χ1) is 12.2. The van der Waals surface area contributed by atoms with E-state index in [9.17, 15) is 4.79 Å². The number of carbonyl (C=O) groups is 1. The molecule has 6 nitrogen and oxygen atoms in total. The van der Waals surface area contributed by atoms with Crippen LogP contribution in [0.5, 0.6) is 11.5 Å². The van der Waals surface area contributed by atoms with E-state index in [4.69, 9.17) is 18.9 Å². The Balaban J connectivity index is 1.69. The molecule has 5 atom stereocenters. The fourth-order valence-corrected chi connectivity index (χ4v) is 5.75. The van der Waals surface area contributed by atoms with Crippen molar-refractivity contribution < 1.29 is 23.7 Å². The maximum atomic E-state index is 12.5. The molecule has 1 aromatic carbocycles. The molecule has 5 rings (SSSR count). The molecule has 1 spiro atoms. The van der Waals surface area contributed by atoms with Crippen LogP contribution in [0.15, 0.2) is 12.1 Å². The first-order valence-electron chi connectivity index (χ1n) is 8.96. The van der Waals surface area contributed by atoms with Gasteiger partial charge in [-0.1, -0.05) is 6.07 Å². The van der Waals surface area contributed by atoms with Gasteiger partial charge in [-0.2, -0.15) is 0 Å². The highest BCUT2D eigenvalue weighted by Gasteiger charge is 2.66. The molecule has 1 saturated carbocycles. The maximum Gasteiger partial charge on any atom is 0.221 e. The molecule has 25 heavy (non-hydrogen) atoms. The highest BCUT2D eigenvalue weighted by Crippen LogP contribution is 2.63. The van der Waals surface area contributed by atoms with E-state index < -0.39 is 0 Å². The second-order valence-corrected chi connectivity index (χ2v) is 7.56. The second-order valence-electron chi connectivity index (χ2n) is 7.56. The third kappa shape index (κ3) is 1.89. The third-order valence-electron chi connectivity index (χ3n) is 6.53. The van der Waals surface area contributed by atoms with E-state index in [2.05, 4.69) is 11.4 Å². The summed E-state index contributed by atoms with van der Waals surface area (Å²) < 4.78 is 23.1. The number of benzene rings is 1. The van der Waals surface area contributed by atoms with Crippen molar-refractivity contribution in [1.82, 2.24) is 5.32 Å². The summed E-state index contributed by atoms with van der Waals surface area (Å²) in [6.45, 7) is 0.237. The summed E-state index contributed by atoms with van der Waals surface area (Å²) >= 11 is 0. The lowest BCUT2D eigenvalue weighted by molar-refractivity contribution is -0.157. The van der Waals surface area contributed by atoms with Crippen molar-refractivity contribution in [3.8, 4) is 11.5 Å². The third-order valence-corrected chi connectivity index (χ3v) is 6.53. The van der Waals surface area contributed by atoms with E-state index in [0.29, 0.717) is 12.3 Å². The Morgan fingerprint density at radius 3 is 3.00 bits per heavy atom. The van der Waals surface area contributed by atoms with Gasteiger partial charge in [0, 0.05) is 25.1 Å². The standard InChI is InChI=1S/C19H23NO5/c1-22-9-24-14-6-4-11-12-7-10-3-5-13(23-2)17-16(10)19(11,18(14)25-17)8-15(21)20-12/h3,5,11-12,14,18H,4,6-9H2,1-2H3,(H,20,21)/t11?,12-,14-,18+,19+/m0/s1. The van der Waals surface area contributed by atoms with E-state index in [1.807, 2.05) is 6.07 Å². The van der Waals surface area contributed by atoms with Gasteiger partial charge in [-0.05, 0) is 36.8 Å². The highest BCUT2D eigenvalue weighted by molar-refractivity contribution is 5.82. The number of amides is 1. The number of piperidine rings is 1. The average Bonchev–Trinajstić information content (AvgIpc) is 2.93. The zero-order chi connectivity index (χ0) is 17.2. The molecule has 1 amide bonds. The minimum absolute atomic E-state index is 0.0780. The van der Waals surface area contributed by atoms with Gasteiger partial charge in [0.2, 0.25) is 5.91 Å². The molecule has 2 heterocycles. The van der Waals surface area contributed by atoms with Gasteiger partial charge in [-0.3, -0.25) is 4.79 Å². The van der Waals surface area contributed by atoms with Crippen LogP contribution in [0, 0.1) is 5.92 Å². The van der Waals surface area contributed by atoms with Crippen LogP contribution in [-0.4, -0.2) is 45.2 Å². The van der Waals surface area contributed by atoms with Crippen molar-refractivity contribution in [1.29, 1.82) is 0 Å². The van der Waals surface area contributed by atoms with Gasteiger partial charge in [0.15, 0.2) is 11.5 Å². The normalized spacial score (nSPS) is 37.1. The number of rotatable bonds is 4. The Morgan fingerprint density at radius 1 is 1.32 bits per heavy atom. The van der Waals surface area contributed by atoms with Crippen LogP contribution in [-0.2, 0) is 26.1 Å². The van der Waals surface area contributed by atoms with Crippen molar-refractivity contribution in [3.05, 3.63) is 23.3 Å². The number of carbonyl (C=O) groups excluding carboxylic acids is 1. The molecule has 4 aliphatic rings. The van der Waals surface area contributed by atoms with Gasteiger partial charge in [-0.15, -0.1) is 0 Å². The van der Waals surface area contributed by atoms with Gasteiger partial charge in [0.05, 0.1) is 18.6 Å².